The first-order valence-electron chi connectivity index (χ1n) is 9.49. The highest BCUT2D eigenvalue weighted by atomic mass is 16.5. The predicted molar refractivity (Wildman–Crippen MR) is 99.1 cm³/mol. The molecule has 1 aromatic heterocycles. The van der Waals surface area contributed by atoms with Crippen LogP contribution in [0.15, 0.2) is 42.6 Å². The van der Waals surface area contributed by atoms with Crippen LogP contribution in [0.5, 0.6) is 5.88 Å². The molecule has 6 rings (SSSR count). The standard InChI is InChI=1S/C21H25N3O/c1-2-4-16(5-3-1)6-9-22-19-12-17-13-21(25-20(17)23-14-19)15-24-10-7-18(21)8-11-24/h1-5,12,14,18,22H,6-11,13,15H2/t21-/m0/s1. The fourth-order valence-electron chi connectivity index (χ4n) is 4.80. The van der Waals surface area contributed by atoms with Gasteiger partial charge in [-0.1, -0.05) is 30.3 Å². The summed E-state index contributed by atoms with van der Waals surface area (Å²) in [4.78, 5) is 7.18. The second-order valence-electron chi connectivity index (χ2n) is 7.74. The van der Waals surface area contributed by atoms with Crippen molar-refractivity contribution in [2.45, 2.75) is 31.3 Å². The Kier molecular flexibility index (Phi) is 3.66. The molecule has 1 atom stereocenters. The summed E-state index contributed by atoms with van der Waals surface area (Å²) in [6.07, 6.45) is 6.51. The van der Waals surface area contributed by atoms with E-state index in [0.29, 0.717) is 5.92 Å². The summed E-state index contributed by atoms with van der Waals surface area (Å²) in [5.74, 6) is 1.56. The van der Waals surface area contributed by atoms with Gasteiger partial charge in [0.1, 0.15) is 5.60 Å². The van der Waals surface area contributed by atoms with E-state index < -0.39 is 0 Å². The van der Waals surface area contributed by atoms with E-state index in [1.807, 2.05) is 6.20 Å². The molecule has 1 N–H and O–H groups in total. The molecule has 25 heavy (non-hydrogen) atoms. The molecule has 1 spiro atoms. The van der Waals surface area contributed by atoms with Crippen molar-refractivity contribution in [1.29, 1.82) is 0 Å². The van der Waals surface area contributed by atoms with Crippen LogP contribution in [-0.4, -0.2) is 41.7 Å². The highest BCUT2D eigenvalue weighted by molar-refractivity contribution is 5.49. The number of nitrogens with one attached hydrogen (secondary N) is 1. The number of aromatic nitrogens is 1. The first kappa shape index (κ1) is 15.2. The van der Waals surface area contributed by atoms with Crippen molar-refractivity contribution in [3.63, 3.8) is 0 Å². The highest BCUT2D eigenvalue weighted by Gasteiger charge is 2.52. The molecule has 130 valence electrons. The summed E-state index contributed by atoms with van der Waals surface area (Å²) in [5, 5.41) is 3.52. The average Bonchev–Trinajstić information content (AvgIpc) is 3.00. The molecule has 5 heterocycles. The zero-order valence-corrected chi connectivity index (χ0v) is 14.6. The Hall–Kier alpha value is -2.07. The van der Waals surface area contributed by atoms with Gasteiger partial charge in [-0.3, -0.25) is 4.90 Å². The number of ether oxygens (including phenoxy) is 1. The van der Waals surface area contributed by atoms with Crippen LogP contribution in [0.4, 0.5) is 5.69 Å². The zero-order chi connectivity index (χ0) is 16.7. The van der Waals surface area contributed by atoms with Gasteiger partial charge in [-0.25, -0.2) is 4.98 Å². The molecule has 1 aromatic carbocycles. The number of pyridine rings is 1. The van der Waals surface area contributed by atoms with Gasteiger partial charge in [-0.15, -0.1) is 0 Å². The summed E-state index contributed by atoms with van der Waals surface area (Å²) >= 11 is 0. The van der Waals surface area contributed by atoms with E-state index in [9.17, 15) is 0 Å². The van der Waals surface area contributed by atoms with Crippen molar-refractivity contribution in [3.05, 3.63) is 53.7 Å². The van der Waals surface area contributed by atoms with Crippen LogP contribution < -0.4 is 10.1 Å². The van der Waals surface area contributed by atoms with Gasteiger partial charge < -0.3 is 10.1 Å². The third kappa shape index (κ3) is 2.78. The first-order valence-corrected chi connectivity index (χ1v) is 9.49. The Labute approximate surface area is 149 Å². The lowest BCUT2D eigenvalue weighted by atomic mass is 9.73. The monoisotopic (exact) mass is 335 g/mol. The number of nitrogens with zero attached hydrogens (tertiary/aromatic N) is 2. The average molecular weight is 335 g/mol. The van der Waals surface area contributed by atoms with Gasteiger partial charge in [0.05, 0.1) is 11.9 Å². The van der Waals surface area contributed by atoms with Crippen molar-refractivity contribution < 1.29 is 4.74 Å². The van der Waals surface area contributed by atoms with Crippen molar-refractivity contribution in [3.8, 4) is 5.88 Å². The third-order valence-electron chi connectivity index (χ3n) is 6.12. The van der Waals surface area contributed by atoms with E-state index >= 15 is 0 Å². The number of hydrogen-bond acceptors (Lipinski definition) is 4. The lowest BCUT2D eigenvalue weighted by Crippen LogP contribution is -2.61. The van der Waals surface area contributed by atoms with Crippen LogP contribution in [0.3, 0.4) is 0 Å². The van der Waals surface area contributed by atoms with E-state index in [1.54, 1.807) is 0 Å². The zero-order valence-electron chi connectivity index (χ0n) is 14.6. The first-order chi connectivity index (χ1) is 12.3. The maximum Gasteiger partial charge on any atom is 0.217 e. The van der Waals surface area contributed by atoms with E-state index in [-0.39, 0.29) is 5.60 Å². The fraction of sp³-hybridized carbons (Fsp3) is 0.476. The maximum absolute atomic E-state index is 6.42. The Morgan fingerprint density at radius 2 is 2.04 bits per heavy atom. The van der Waals surface area contributed by atoms with Crippen molar-refractivity contribution >= 4 is 5.69 Å². The van der Waals surface area contributed by atoms with Crippen molar-refractivity contribution in [1.82, 2.24) is 9.88 Å². The molecule has 0 aliphatic carbocycles. The number of benzene rings is 1. The Morgan fingerprint density at radius 1 is 1.20 bits per heavy atom. The molecular weight excluding hydrogens is 310 g/mol. The number of fused-ring (bicyclic) bond motifs is 3. The fourth-order valence-corrected chi connectivity index (χ4v) is 4.80. The van der Waals surface area contributed by atoms with Crippen molar-refractivity contribution in [2.24, 2.45) is 5.92 Å². The number of rotatable bonds is 4. The van der Waals surface area contributed by atoms with Crippen LogP contribution in [0.2, 0.25) is 0 Å². The van der Waals surface area contributed by atoms with E-state index in [4.69, 9.17) is 4.74 Å². The predicted octanol–water partition coefficient (Wildman–Crippen LogP) is 3.14. The van der Waals surface area contributed by atoms with Gasteiger partial charge in [0.25, 0.3) is 0 Å². The van der Waals surface area contributed by atoms with E-state index in [2.05, 4.69) is 51.6 Å². The summed E-state index contributed by atoms with van der Waals surface area (Å²) in [7, 11) is 0. The van der Waals surface area contributed by atoms with Crippen LogP contribution in [0.25, 0.3) is 0 Å². The highest BCUT2D eigenvalue weighted by Crippen LogP contribution is 2.46. The number of hydrogen-bond donors (Lipinski definition) is 1. The molecular formula is C21H25N3O. The molecule has 0 saturated carbocycles. The van der Waals surface area contributed by atoms with Crippen LogP contribution in [0, 0.1) is 5.92 Å². The molecule has 4 aliphatic rings. The smallest absolute Gasteiger partial charge is 0.217 e. The lowest BCUT2D eigenvalue weighted by Gasteiger charge is -2.50. The molecule has 4 aliphatic heterocycles. The summed E-state index contributed by atoms with van der Waals surface area (Å²) in [6, 6.07) is 12.8. The van der Waals surface area contributed by atoms with Gasteiger partial charge in [-0.2, -0.15) is 0 Å². The van der Waals surface area contributed by atoms with Crippen molar-refractivity contribution in [2.75, 3.05) is 31.5 Å². The Morgan fingerprint density at radius 3 is 2.80 bits per heavy atom. The minimum Gasteiger partial charge on any atom is -0.469 e. The van der Waals surface area contributed by atoms with Gasteiger partial charge in [0, 0.05) is 31.0 Å². The molecule has 4 nitrogen and oxygen atoms in total. The van der Waals surface area contributed by atoms with Gasteiger partial charge in [-0.05, 0) is 44.0 Å². The van der Waals surface area contributed by atoms with Crippen LogP contribution in [-0.2, 0) is 12.8 Å². The molecule has 2 bridgehead atoms. The molecule has 4 heteroatoms. The lowest BCUT2D eigenvalue weighted by molar-refractivity contribution is -0.0814. The molecule has 0 radical (unpaired) electrons. The molecule has 0 unspecified atom stereocenters. The molecule has 0 amide bonds. The topological polar surface area (TPSA) is 37.4 Å². The van der Waals surface area contributed by atoms with Crippen LogP contribution in [0.1, 0.15) is 24.0 Å². The molecule has 2 aromatic rings. The summed E-state index contributed by atoms with van der Waals surface area (Å²) < 4.78 is 6.42. The number of anilines is 1. The maximum atomic E-state index is 6.42. The summed E-state index contributed by atoms with van der Waals surface area (Å²) in [5.41, 5.74) is 3.74. The molecule has 3 saturated heterocycles. The van der Waals surface area contributed by atoms with Gasteiger partial charge >= 0.3 is 0 Å². The Bertz CT molecular complexity index is 755. The quantitative estimate of drug-likeness (QED) is 0.931. The Balaban J connectivity index is 1.26. The minimum absolute atomic E-state index is 0.00546. The van der Waals surface area contributed by atoms with Gasteiger partial charge in [0.15, 0.2) is 0 Å². The molecule has 3 fully saturated rings. The van der Waals surface area contributed by atoms with Crippen LogP contribution >= 0.6 is 0 Å². The largest absolute Gasteiger partial charge is 0.469 e. The number of piperidine rings is 3. The second kappa shape index (κ2) is 6.03. The minimum atomic E-state index is -0.00546. The third-order valence-corrected chi connectivity index (χ3v) is 6.12. The normalized spacial score (nSPS) is 29.4. The second-order valence-corrected chi connectivity index (χ2v) is 7.74. The van der Waals surface area contributed by atoms with Gasteiger partial charge in [0.2, 0.25) is 5.88 Å². The summed E-state index contributed by atoms with van der Waals surface area (Å²) in [6.45, 7) is 4.48. The SMILES string of the molecule is c1ccc(CCNc2cnc3c(c2)C[C@@]2(CN4CCC2CC4)O3)cc1. The van der Waals surface area contributed by atoms with E-state index in [0.717, 1.165) is 37.5 Å². The van der Waals surface area contributed by atoms with E-state index in [1.165, 1.54) is 37.1 Å².